The number of nitrogens with one attached hydrogen (secondary N) is 1. The molecule has 164 valence electrons. The molecular weight excluding hydrogens is 412 g/mol. The summed E-state index contributed by atoms with van der Waals surface area (Å²) in [4.78, 5) is 36.1. The van der Waals surface area contributed by atoms with Gasteiger partial charge in [0.05, 0.1) is 5.69 Å². The number of fused-ring (bicyclic) bond motifs is 2. The summed E-state index contributed by atoms with van der Waals surface area (Å²) in [6, 6.07) is 5.92. The number of aryl methyl sites for hydroxylation is 1. The van der Waals surface area contributed by atoms with Crippen molar-refractivity contribution in [2.75, 3.05) is 18.0 Å². The third-order valence-electron chi connectivity index (χ3n) is 6.02. The van der Waals surface area contributed by atoms with Gasteiger partial charge in [-0.2, -0.15) is 15.2 Å². The lowest BCUT2D eigenvalue weighted by molar-refractivity contribution is -0.122. The zero-order valence-electron chi connectivity index (χ0n) is 17.6. The zero-order chi connectivity index (χ0) is 21.8. The summed E-state index contributed by atoms with van der Waals surface area (Å²) in [5.74, 6) is 0.764. The van der Waals surface area contributed by atoms with Crippen molar-refractivity contribution in [3.05, 3.63) is 46.3 Å². The molecule has 0 bridgehead atoms. The fourth-order valence-electron chi connectivity index (χ4n) is 4.23. The van der Waals surface area contributed by atoms with Gasteiger partial charge in [0.25, 0.3) is 11.6 Å². The third-order valence-corrected chi connectivity index (χ3v) is 6.02. The molecule has 1 N–H and O–H groups in total. The number of oxazole rings is 1. The van der Waals surface area contributed by atoms with Crippen LogP contribution in [0, 0.1) is 6.92 Å². The molecule has 11 nitrogen and oxygen atoms in total. The number of rotatable bonds is 5. The van der Waals surface area contributed by atoms with Crippen LogP contribution in [0.5, 0.6) is 0 Å². The van der Waals surface area contributed by atoms with Crippen molar-refractivity contribution in [3.8, 4) is 0 Å². The topological polar surface area (TPSA) is 123 Å². The first-order valence-electron chi connectivity index (χ1n) is 10.8. The molecule has 4 aromatic heterocycles. The second-order valence-electron chi connectivity index (χ2n) is 8.47. The Kier molecular flexibility index (Phi) is 4.23. The van der Waals surface area contributed by atoms with Gasteiger partial charge in [0.15, 0.2) is 0 Å². The number of anilines is 1. The molecule has 1 atom stereocenters. The first-order valence-corrected chi connectivity index (χ1v) is 10.8. The van der Waals surface area contributed by atoms with E-state index in [-0.39, 0.29) is 24.1 Å². The van der Waals surface area contributed by atoms with E-state index in [1.807, 2.05) is 23.1 Å². The average Bonchev–Trinajstić information content (AvgIpc) is 3.18. The van der Waals surface area contributed by atoms with E-state index < -0.39 is 0 Å². The standard InChI is InChI=1S/C21H22N8O3/c1-12-25-28(20(31)17-9-16(13-4-5-13)26-29(12)17)11-18(30)23-14-6-8-27(10-14)21-24-15-3-2-7-22-19(15)32-21/h2-3,7,9,13-14H,4-6,8,10-11H2,1H3,(H,23,30). The van der Waals surface area contributed by atoms with Gasteiger partial charge in [0.2, 0.25) is 11.6 Å². The van der Waals surface area contributed by atoms with Crippen LogP contribution in [0.15, 0.2) is 33.6 Å². The third kappa shape index (κ3) is 3.29. The number of hydrogen-bond donors (Lipinski definition) is 1. The molecule has 11 heteroatoms. The quantitative estimate of drug-likeness (QED) is 0.494. The van der Waals surface area contributed by atoms with Crippen molar-refractivity contribution < 1.29 is 9.21 Å². The maximum Gasteiger partial charge on any atom is 0.299 e. The van der Waals surface area contributed by atoms with Crippen LogP contribution in [0.25, 0.3) is 16.7 Å². The lowest BCUT2D eigenvalue weighted by Gasteiger charge is -2.15. The summed E-state index contributed by atoms with van der Waals surface area (Å²) in [6.07, 6.45) is 4.62. The minimum absolute atomic E-state index is 0.0672. The Morgan fingerprint density at radius 1 is 1.28 bits per heavy atom. The Bertz CT molecular complexity index is 1370. The molecule has 1 amide bonds. The Labute approximate surface area is 182 Å². The molecule has 2 aliphatic rings. The molecule has 0 aromatic carbocycles. The van der Waals surface area contributed by atoms with Crippen LogP contribution in [0.2, 0.25) is 0 Å². The summed E-state index contributed by atoms with van der Waals surface area (Å²) >= 11 is 0. The lowest BCUT2D eigenvalue weighted by atomic mass is 10.2. The number of hydrogen-bond acceptors (Lipinski definition) is 8. The Balaban J connectivity index is 1.14. The number of pyridine rings is 1. The molecular formula is C21H22N8O3. The minimum Gasteiger partial charge on any atom is -0.404 e. The normalized spacial score (nSPS) is 18.7. The fourth-order valence-corrected chi connectivity index (χ4v) is 4.23. The molecule has 4 aromatic rings. The van der Waals surface area contributed by atoms with Gasteiger partial charge >= 0.3 is 0 Å². The van der Waals surface area contributed by atoms with Crippen molar-refractivity contribution >= 4 is 28.7 Å². The predicted molar refractivity (Wildman–Crippen MR) is 115 cm³/mol. The van der Waals surface area contributed by atoms with Gasteiger partial charge in [-0.1, -0.05) is 0 Å². The van der Waals surface area contributed by atoms with E-state index in [1.165, 1.54) is 4.68 Å². The molecule has 0 radical (unpaired) electrons. The summed E-state index contributed by atoms with van der Waals surface area (Å²) in [7, 11) is 0. The van der Waals surface area contributed by atoms with Gasteiger partial charge in [-0.25, -0.2) is 14.2 Å². The van der Waals surface area contributed by atoms with Gasteiger partial charge in [-0.3, -0.25) is 9.59 Å². The molecule has 1 aliphatic heterocycles. The Morgan fingerprint density at radius 3 is 2.97 bits per heavy atom. The highest BCUT2D eigenvalue weighted by Gasteiger charge is 2.29. The fraction of sp³-hybridized carbons (Fsp3) is 0.429. The van der Waals surface area contributed by atoms with Crippen LogP contribution in [-0.2, 0) is 11.3 Å². The van der Waals surface area contributed by atoms with Gasteiger partial charge < -0.3 is 14.6 Å². The lowest BCUT2D eigenvalue weighted by Crippen LogP contribution is -2.41. The van der Waals surface area contributed by atoms with E-state index in [0.717, 1.165) is 25.0 Å². The summed E-state index contributed by atoms with van der Waals surface area (Å²) in [5, 5.41) is 11.8. The van der Waals surface area contributed by atoms with Crippen LogP contribution in [0.1, 0.15) is 36.7 Å². The molecule has 2 fully saturated rings. The first kappa shape index (κ1) is 19.0. The number of carbonyl (C=O) groups is 1. The van der Waals surface area contributed by atoms with E-state index in [4.69, 9.17) is 4.42 Å². The second kappa shape index (κ2) is 7.14. The van der Waals surface area contributed by atoms with Crippen molar-refractivity contribution in [2.45, 2.75) is 44.7 Å². The zero-order valence-corrected chi connectivity index (χ0v) is 17.6. The average molecular weight is 434 g/mol. The van der Waals surface area contributed by atoms with E-state index in [2.05, 4.69) is 25.5 Å². The Hall–Kier alpha value is -3.76. The van der Waals surface area contributed by atoms with Crippen molar-refractivity contribution in [1.82, 2.24) is 34.7 Å². The van der Waals surface area contributed by atoms with Gasteiger partial charge in [0, 0.05) is 31.2 Å². The summed E-state index contributed by atoms with van der Waals surface area (Å²) < 4.78 is 8.52. The van der Waals surface area contributed by atoms with Gasteiger partial charge in [-0.15, -0.1) is 0 Å². The van der Waals surface area contributed by atoms with E-state index >= 15 is 0 Å². The largest absolute Gasteiger partial charge is 0.404 e. The molecule has 5 heterocycles. The number of aromatic nitrogens is 6. The van der Waals surface area contributed by atoms with Crippen molar-refractivity contribution in [1.29, 1.82) is 0 Å². The second-order valence-corrected chi connectivity index (χ2v) is 8.47. The molecule has 0 spiro atoms. The van der Waals surface area contributed by atoms with Crippen molar-refractivity contribution in [2.24, 2.45) is 0 Å². The van der Waals surface area contributed by atoms with E-state index in [1.54, 1.807) is 17.6 Å². The SMILES string of the molecule is Cc1nn(CC(=O)NC2CCN(c3nc4cccnc4o3)C2)c(=O)c2cc(C3CC3)nn12. The molecule has 1 unspecified atom stereocenters. The Morgan fingerprint density at radius 2 is 2.16 bits per heavy atom. The summed E-state index contributed by atoms with van der Waals surface area (Å²) in [5.41, 5.74) is 2.28. The number of nitrogens with zero attached hydrogens (tertiary/aromatic N) is 7. The molecule has 6 rings (SSSR count). The highest BCUT2D eigenvalue weighted by Crippen LogP contribution is 2.39. The molecule has 1 saturated heterocycles. The first-order chi connectivity index (χ1) is 15.5. The van der Waals surface area contributed by atoms with E-state index in [9.17, 15) is 9.59 Å². The van der Waals surface area contributed by atoms with Crippen molar-refractivity contribution in [3.63, 3.8) is 0 Å². The maximum atomic E-state index is 12.9. The highest BCUT2D eigenvalue weighted by atomic mass is 16.4. The number of amides is 1. The maximum absolute atomic E-state index is 12.9. The van der Waals surface area contributed by atoms with Gasteiger partial charge in [-0.05, 0) is 44.4 Å². The molecule has 32 heavy (non-hydrogen) atoms. The van der Waals surface area contributed by atoms with Crippen LogP contribution in [-0.4, -0.2) is 54.4 Å². The number of carbonyl (C=O) groups excluding carboxylic acids is 1. The summed E-state index contributed by atoms with van der Waals surface area (Å²) in [6.45, 7) is 2.94. The van der Waals surface area contributed by atoms with Crippen LogP contribution in [0.3, 0.4) is 0 Å². The monoisotopic (exact) mass is 434 g/mol. The van der Waals surface area contributed by atoms with Crippen LogP contribution in [0.4, 0.5) is 6.01 Å². The van der Waals surface area contributed by atoms with E-state index in [0.29, 0.717) is 47.6 Å². The smallest absolute Gasteiger partial charge is 0.299 e. The molecule has 1 saturated carbocycles. The molecule has 1 aliphatic carbocycles. The van der Waals surface area contributed by atoms with Gasteiger partial charge in [0.1, 0.15) is 23.4 Å². The van der Waals surface area contributed by atoms with Crippen LogP contribution < -0.4 is 15.8 Å². The minimum atomic E-state index is -0.308. The van der Waals surface area contributed by atoms with Crippen LogP contribution >= 0.6 is 0 Å². The predicted octanol–water partition coefficient (Wildman–Crippen LogP) is 1.01. The highest BCUT2D eigenvalue weighted by molar-refractivity contribution is 5.76.